The monoisotopic (exact) mass is 301 g/mol. The highest BCUT2D eigenvalue weighted by Gasteiger charge is 2.01. The molecule has 5 heteroatoms. The molecule has 1 amide bonds. The van der Waals surface area contributed by atoms with Crippen molar-refractivity contribution in [3.8, 4) is 0 Å². The van der Waals surface area contributed by atoms with E-state index in [2.05, 4.69) is 15.8 Å². The highest BCUT2D eigenvalue weighted by Crippen LogP contribution is 2.13. The number of amides is 1. The van der Waals surface area contributed by atoms with Crippen molar-refractivity contribution in [2.45, 2.75) is 6.92 Å². The Labute approximate surface area is 128 Å². The Bertz CT molecular complexity index is 655. The van der Waals surface area contributed by atoms with Gasteiger partial charge < -0.3 is 5.32 Å². The molecule has 0 spiro atoms. The summed E-state index contributed by atoms with van der Waals surface area (Å²) < 4.78 is 0. The maximum atomic E-state index is 11.7. The Morgan fingerprint density at radius 1 is 1.19 bits per heavy atom. The van der Waals surface area contributed by atoms with Crippen molar-refractivity contribution in [3.63, 3.8) is 0 Å². The fraction of sp³-hybridized carbons (Fsp3) is 0.125. The van der Waals surface area contributed by atoms with Crippen LogP contribution in [0.5, 0.6) is 0 Å². The maximum absolute atomic E-state index is 11.7. The first kappa shape index (κ1) is 15.1. The minimum Gasteiger partial charge on any atom is -0.376 e. The molecule has 4 nitrogen and oxygen atoms in total. The average Bonchev–Trinajstić information content (AvgIpc) is 2.48. The maximum Gasteiger partial charge on any atom is 0.259 e. The third-order valence-corrected chi connectivity index (χ3v) is 3.23. The average molecular weight is 302 g/mol. The molecule has 108 valence electrons. The molecule has 0 heterocycles. The summed E-state index contributed by atoms with van der Waals surface area (Å²) in [5, 5.41) is 7.54. The molecule has 0 saturated heterocycles. The largest absolute Gasteiger partial charge is 0.376 e. The second kappa shape index (κ2) is 7.45. The van der Waals surface area contributed by atoms with Crippen LogP contribution in [0.1, 0.15) is 11.1 Å². The molecule has 21 heavy (non-hydrogen) atoms. The fourth-order valence-electron chi connectivity index (χ4n) is 1.74. The van der Waals surface area contributed by atoms with Gasteiger partial charge in [0, 0.05) is 16.3 Å². The SMILES string of the molecule is Cc1ccccc1NCC(=O)N/N=C/c1ccccc1Cl. The topological polar surface area (TPSA) is 53.5 Å². The van der Waals surface area contributed by atoms with Crippen molar-refractivity contribution >= 4 is 29.4 Å². The van der Waals surface area contributed by atoms with E-state index < -0.39 is 0 Å². The first-order chi connectivity index (χ1) is 10.2. The number of anilines is 1. The van der Waals surface area contributed by atoms with Crippen LogP contribution in [0.4, 0.5) is 5.69 Å². The second-order valence-corrected chi connectivity index (χ2v) is 4.89. The minimum absolute atomic E-state index is 0.157. The van der Waals surface area contributed by atoms with Gasteiger partial charge in [0.1, 0.15) is 0 Å². The summed E-state index contributed by atoms with van der Waals surface area (Å²) >= 11 is 5.98. The number of benzene rings is 2. The summed E-state index contributed by atoms with van der Waals surface area (Å²) in [6.45, 7) is 2.14. The van der Waals surface area contributed by atoms with Gasteiger partial charge in [-0.25, -0.2) is 5.43 Å². The van der Waals surface area contributed by atoms with Crippen LogP contribution in [-0.2, 0) is 4.79 Å². The number of nitrogens with zero attached hydrogens (tertiary/aromatic N) is 1. The number of hydrogen-bond donors (Lipinski definition) is 2. The van der Waals surface area contributed by atoms with E-state index in [9.17, 15) is 4.79 Å². The van der Waals surface area contributed by atoms with Gasteiger partial charge >= 0.3 is 0 Å². The summed E-state index contributed by atoms with van der Waals surface area (Å²) in [5.74, 6) is -0.221. The fourth-order valence-corrected chi connectivity index (χ4v) is 1.92. The molecule has 2 aromatic rings. The van der Waals surface area contributed by atoms with Gasteiger partial charge in [0.25, 0.3) is 5.91 Å². The van der Waals surface area contributed by atoms with Crippen molar-refractivity contribution in [3.05, 3.63) is 64.7 Å². The number of carbonyl (C=O) groups excluding carboxylic acids is 1. The molecule has 0 atom stereocenters. The molecule has 2 rings (SSSR count). The predicted molar refractivity (Wildman–Crippen MR) is 86.9 cm³/mol. The smallest absolute Gasteiger partial charge is 0.259 e. The van der Waals surface area contributed by atoms with Crippen molar-refractivity contribution in [2.75, 3.05) is 11.9 Å². The molecular weight excluding hydrogens is 286 g/mol. The summed E-state index contributed by atoms with van der Waals surface area (Å²) in [6, 6.07) is 15.1. The molecule has 0 aliphatic heterocycles. The van der Waals surface area contributed by atoms with Crippen LogP contribution in [0, 0.1) is 6.92 Å². The minimum atomic E-state index is -0.221. The zero-order chi connectivity index (χ0) is 15.1. The Kier molecular flexibility index (Phi) is 5.35. The number of carbonyl (C=O) groups is 1. The third kappa shape index (κ3) is 4.61. The van der Waals surface area contributed by atoms with Crippen LogP contribution in [0.3, 0.4) is 0 Å². The number of rotatable bonds is 5. The summed E-state index contributed by atoms with van der Waals surface area (Å²) in [5.41, 5.74) is 5.23. The van der Waals surface area contributed by atoms with E-state index in [0.717, 1.165) is 16.8 Å². The van der Waals surface area contributed by atoms with E-state index in [1.807, 2.05) is 49.4 Å². The Balaban J connectivity index is 1.83. The van der Waals surface area contributed by atoms with Crippen LogP contribution in [0.25, 0.3) is 0 Å². The number of aryl methyl sites for hydroxylation is 1. The van der Waals surface area contributed by atoms with Crippen molar-refractivity contribution in [1.29, 1.82) is 0 Å². The molecule has 0 bridgehead atoms. The molecule has 0 fully saturated rings. The summed E-state index contributed by atoms with van der Waals surface area (Å²) in [7, 11) is 0. The van der Waals surface area contributed by atoms with E-state index in [1.54, 1.807) is 6.07 Å². The zero-order valence-corrected chi connectivity index (χ0v) is 12.4. The molecule has 0 aromatic heterocycles. The number of hydrogen-bond acceptors (Lipinski definition) is 3. The molecule has 2 N–H and O–H groups in total. The molecule has 0 aliphatic rings. The Morgan fingerprint density at radius 2 is 1.90 bits per heavy atom. The molecular formula is C16H16ClN3O. The van der Waals surface area contributed by atoms with Crippen molar-refractivity contribution in [1.82, 2.24) is 5.43 Å². The highest BCUT2D eigenvalue weighted by atomic mass is 35.5. The lowest BCUT2D eigenvalue weighted by molar-refractivity contribution is -0.119. The van der Waals surface area contributed by atoms with Crippen molar-refractivity contribution < 1.29 is 4.79 Å². The normalized spacial score (nSPS) is 10.6. The molecule has 0 aliphatic carbocycles. The van der Waals surface area contributed by atoms with E-state index in [1.165, 1.54) is 6.21 Å². The number of nitrogens with one attached hydrogen (secondary N) is 2. The van der Waals surface area contributed by atoms with Gasteiger partial charge in [-0.3, -0.25) is 4.79 Å². The molecule has 2 aromatic carbocycles. The van der Waals surface area contributed by atoms with Gasteiger partial charge in [-0.1, -0.05) is 48.0 Å². The van der Waals surface area contributed by atoms with Crippen LogP contribution < -0.4 is 10.7 Å². The first-order valence-corrected chi connectivity index (χ1v) is 6.90. The van der Waals surface area contributed by atoms with Crippen LogP contribution in [0.2, 0.25) is 5.02 Å². The lowest BCUT2D eigenvalue weighted by atomic mass is 10.2. The zero-order valence-electron chi connectivity index (χ0n) is 11.6. The first-order valence-electron chi connectivity index (χ1n) is 6.53. The van der Waals surface area contributed by atoms with Crippen LogP contribution >= 0.6 is 11.6 Å². The van der Waals surface area contributed by atoms with Gasteiger partial charge in [0.15, 0.2) is 0 Å². The number of para-hydroxylation sites is 1. The third-order valence-electron chi connectivity index (χ3n) is 2.88. The van der Waals surface area contributed by atoms with Crippen LogP contribution in [-0.4, -0.2) is 18.7 Å². The quantitative estimate of drug-likeness (QED) is 0.658. The predicted octanol–water partition coefficient (Wildman–Crippen LogP) is 3.21. The van der Waals surface area contributed by atoms with E-state index >= 15 is 0 Å². The highest BCUT2D eigenvalue weighted by molar-refractivity contribution is 6.33. The van der Waals surface area contributed by atoms with Gasteiger partial charge in [-0.05, 0) is 24.6 Å². The lowest BCUT2D eigenvalue weighted by Crippen LogP contribution is -2.26. The molecule has 0 unspecified atom stereocenters. The van der Waals surface area contributed by atoms with Gasteiger partial charge in [-0.15, -0.1) is 0 Å². The van der Waals surface area contributed by atoms with E-state index in [-0.39, 0.29) is 12.5 Å². The van der Waals surface area contributed by atoms with E-state index in [0.29, 0.717) is 5.02 Å². The number of halogens is 1. The lowest BCUT2D eigenvalue weighted by Gasteiger charge is -2.07. The standard InChI is InChI=1S/C16H16ClN3O/c1-12-6-2-5-9-15(12)18-11-16(21)20-19-10-13-7-3-4-8-14(13)17/h2-10,18H,11H2,1H3,(H,20,21)/b19-10+. The van der Waals surface area contributed by atoms with E-state index in [4.69, 9.17) is 11.6 Å². The molecule has 0 saturated carbocycles. The van der Waals surface area contributed by atoms with Gasteiger partial charge in [-0.2, -0.15) is 5.10 Å². The second-order valence-electron chi connectivity index (χ2n) is 4.48. The Morgan fingerprint density at radius 3 is 2.67 bits per heavy atom. The van der Waals surface area contributed by atoms with Crippen LogP contribution in [0.15, 0.2) is 53.6 Å². The molecule has 0 radical (unpaired) electrons. The van der Waals surface area contributed by atoms with Crippen molar-refractivity contribution in [2.24, 2.45) is 5.10 Å². The van der Waals surface area contributed by atoms with Gasteiger partial charge in [0.05, 0.1) is 12.8 Å². The summed E-state index contributed by atoms with van der Waals surface area (Å²) in [4.78, 5) is 11.7. The summed E-state index contributed by atoms with van der Waals surface area (Å²) in [6.07, 6.45) is 1.52. The number of hydrazone groups is 1. The Hall–Kier alpha value is -2.33. The van der Waals surface area contributed by atoms with Gasteiger partial charge in [0.2, 0.25) is 0 Å².